The maximum atomic E-state index is 13.2. The van der Waals surface area contributed by atoms with Crippen molar-refractivity contribution in [3.05, 3.63) is 40.7 Å². The first kappa shape index (κ1) is 27.3. The standard InChI is InChI=1S/C24H29N7O6S/c1-37-7-4-26-19-10-21(27-12-18(19)11-25)29-24(34)31-5-2-3-16-9-17(20(14-32)28-23(16)31)13-30-6-8-38(35,36)15-22(30)33/h9-10,12,14,35-36H,2-8,13,15H2,1H3,(H2,26,27,29,34). The number of carbonyl (C=O) groups is 3. The van der Waals surface area contributed by atoms with E-state index in [-0.39, 0.29) is 36.1 Å². The number of anilines is 3. The van der Waals surface area contributed by atoms with E-state index in [0.717, 1.165) is 5.56 Å². The molecule has 0 aliphatic carbocycles. The van der Waals surface area contributed by atoms with Crippen LogP contribution in [0.2, 0.25) is 0 Å². The second kappa shape index (κ2) is 11.7. The van der Waals surface area contributed by atoms with E-state index in [2.05, 4.69) is 26.7 Å². The van der Waals surface area contributed by atoms with Gasteiger partial charge in [0.2, 0.25) is 5.91 Å². The molecule has 38 heavy (non-hydrogen) atoms. The summed E-state index contributed by atoms with van der Waals surface area (Å²) in [4.78, 5) is 49.0. The number of amides is 3. The van der Waals surface area contributed by atoms with Crippen molar-refractivity contribution in [1.29, 1.82) is 5.26 Å². The van der Waals surface area contributed by atoms with Crippen LogP contribution in [-0.2, 0) is 22.5 Å². The third-order valence-electron chi connectivity index (χ3n) is 6.27. The second-order valence-corrected chi connectivity index (χ2v) is 11.2. The minimum Gasteiger partial charge on any atom is -0.383 e. The highest BCUT2D eigenvalue weighted by molar-refractivity contribution is 8.24. The normalized spacial score (nSPS) is 17.3. The fourth-order valence-corrected chi connectivity index (χ4v) is 5.56. The zero-order valence-electron chi connectivity index (χ0n) is 20.8. The number of aromatic nitrogens is 2. The van der Waals surface area contributed by atoms with Crippen LogP contribution < -0.4 is 15.5 Å². The molecule has 4 N–H and O–H groups in total. The highest BCUT2D eigenvalue weighted by atomic mass is 32.3. The Morgan fingerprint density at radius 1 is 1.34 bits per heavy atom. The zero-order valence-corrected chi connectivity index (χ0v) is 21.7. The lowest BCUT2D eigenvalue weighted by Crippen LogP contribution is -2.43. The molecule has 4 rings (SSSR count). The van der Waals surface area contributed by atoms with Gasteiger partial charge in [-0.25, -0.2) is 14.8 Å². The lowest BCUT2D eigenvalue weighted by molar-refractivity contribution is -0.129. The third-order valence-corrected chi connectivity index (χ3v) is 7.81. The van der Waals surface area contributed by atoms with E-state index in [9.17, 15) is 28.8 Å². The second-order valence-electron chi connectivity index (χ2n) is 8.93. The maximum Gasteiger partial charge on any atom is 0.328 e. The number of pyridine rings is 2. The van der Waals surface area contributed by atoms with Gasteiger partial charge in [0.15, 0.2) is 6.29 Å². The molecule has 0 atom stereocenters. The summed E-state index contributed by atoms with van der Waals surface area (Å²) in [5.74, 6) is -0.0384. The van der Waals surface area contributed by atoms with E-state index in [1.807, 2.05) is 0 Å². The van der Waals surface area contributed by atoms with Gasteiger partial charge in [-0.15, -0.1) is 0 Å². The molecule has 0 spiro atoms. The van der Waals surface area contributed by atoms with Crippen LogP contribution in [0.3, 0.4) is 0 Å². The van der Waals surface area contributed by atoms with Crippen molar-refractivity contribution in [3.63, 3.8) is 0 Å². The summed E-state index contributed by atoms with van der Waals surface area (Å²) in [6.07, 6.45) is 3.25. The van der Waals surface area contributed by atoms with Gasteiger partial charge in [0, 0.05) is 51.1 Å². The summed E-state index contributed by atoms with van der Waals surface area (Å²) >= 11 is 0. The Hall–Kier alpha value is -3.77. The molecular formula is C24H29N7O6S. The number of urea groups is 1. The van der Waals surface area contributed by atoms with Crippen LogP contribution in [0.5, 0.6) is 0 Å². The number of ether oxygens (including phenoxy) is 1. The van der Waals surface area contributed by atoms with E-state index in [1.54, 1.807) is 19.2 Å². The summed E-state index contributed by atoms with van der Waals surface area (Å²) in [5, 5.41) is 15.2. The van der Waals surface area contributed by atoms with Gasteiger partial charge in [-0.2, -0.15) is 15.9 Å². The first-order valence-corrected chi connectivity index (χ1v) is 13.8. The molecule has 1 saturated heterocycles. The van der Waals surface area contributed by atoms with Crippen LogP contribution in [0.15, 0.2) is 18.3 Å². The van der Waals surface area contributed by atoms with Crippen molar-refractivity contribution in [2.24, 2.45) is 0 Å². The molecule has 13 nitrogen and oxygen atoms in total. The molecule has 0 radical (unpaired) electrons. The van der Waals surface area contributed by atoms with Gasteiger partial charge in [-0.1, -0.05) is 0 Å². The Kier molecular flexibility index (Phi) is 8.42. The smallest absolute Gasteiger partial charge is 0.328 e. The zero-order chi connectivity index (χ0) is 27.3. The molecule has 4 heterocycles. The predicted octanol–water partition coefficient (Wildman–Crippen LogP) is 2.30. The van der Waals surface area contributed by atoms with E-state index in [4.69, 9.17) is 4.74 Å². The molecule has 3 amide bonds. The summed E-state index contributed by atoms with van der Waals surface area (Å²) < 4.78 is 24.7. The van der Waals surface area contributed by atoms with Gasteiger partial charge in [0.25, 0.3) is 0 Å². The molecule has 0 unspecified atom stereocenters. The van der Waals surface area contributed by atoms with Crippen LogP contribution in [-0.4, -0.2) is 87.1 Å². The number of rotatable bonds is 8. The van der Waals surface area contributed by atoms with Crippen molar-refractivity contribution in [2.45, 2.75) is 19.4 Å². The molecular weight excluding hydrogens is 514 g/mol. The number of carbonyl (C=O) groups excluding carboxylic acids is 3. The van der Waals surface area contributed by atoms with Crippen LogP contribution in [0.1, 0.15) is 33.6 Å². The summed E-state index contributed by atoms with van der Waals surface area (Å²) in [6, 6.07) is 4.91. The molecule has 1 fully saturated rings. The summed E-state index contributed by atoms with van der Waals surface area (Å²) in [6.45, 7) is 1.56. The van der Waals surface area contributed by atoms with E-state index >= 15 is 0 Å². The van der Waals surface area contributed by atoms with Gasteiger partial charge >= 0.3 is 6.03 Å². The van der Waals surface area contributed by atoms with Gasteiger partial charge in [-0.05, 0) is 24.5 Å². The highest BCUT2D eigenvalue weighted by Gasteiger charge is 2.31. The number of hydrogen-bond acceptors (Lipinski definition) is 10. The SMILES string of the molecule is COCCNc1cc(NC(=O)N2CCCc3cc(CN4CCS(O)(O)CC4=O)c(C=O)nc32)ncc1C#N. The lowest BCUT2D eigenvalue weighted by Gasteiger charge is -2.40. The summed E-state index contributed by atoms with van der Waals surface area (Å²) in [5.41, 5.74) is 2.23. The molecule has 14 heteroatoms. The monoisotopic (exact) mass is 543 g/mol. The number of hydrogen-bond donors (Lipinski definition) is 4. The first-order chi connectivity index (χ1) is 18.2. The predicted molar refractivity (Wildman–Crippen MR) is 142 cm³/mol. The number of aldehydes is 1. The van der Waals surface area contributed by atoms with E-state index in [0.29, 0.717) is 61.5 Å². The number of aryl methyl sites for hydroxylation is 1. The van der Waals surface area contributed by atoms with Crippen molar-refractivity contribution in [1.82, 2.24) is 14.9 Å². The molecule has 2 aliphatic rings. The van der Waals surface area contributed by atoms with Crippen LogP contribution in [0, 0.1) is 11.3 Å². The van der Waals surface area contributed by atoms with Gasteiger partial charge in [0.1, 0.15) is 29.2 Å². The Morgan fingerprint density at radius 3 is 2.87 bits per heavy atom. The Balaban J connectivity index is 1.53. The molecule has 2 aromatic rings. The summed E-state index contributed by atoms with van der Waals surface area (Å²) in [7, 11) is -1.33. The van der Waals surface area contributed by atoms with E-state index < -0.39 is 22.5 Å². The van der Waals surface area contributed by atoms with Gasteiger partial charge < -0.3 is 15.0 Å². The number of fused-ring (bicyclic) bond motifs is 1. The molecule has 202 valence electrons. The number of methoxy groups -OCH3 is 1. The number of nitrogens with zero attached hydrogens (tertiary/aromatic N) is 5. The molecule has 0 aromatic carbocycles. The van der Waals surface area contributed by atoms with Crippen molar-refractivity contribution in [3.8, 4) is 6.07 Å². The number of nitrogens with one attached hydrogen (secondary N) is 2. The molecule has 2 aliphatic heterocycles. The Bertz CT molecular complexity index is 1280. The van der Waals surface area contributed by atoms with Crippen molar-refractivity contribution < 1.29 is 28.2 Å². The van der Waals surface area contributed by atoms with Gasteiger partial charge in [-0.3, -0.25) is 28.9 Å². The first-order valence-electron chi connectivity index (χ1n) is 12.0. The van der Waals surface area contributed by atoms with Crippen molar-refractivity contribution in [2.75, 3.05) is 60.4 Å². The topological polar surface area (TPSA) is 181 Å². The van der Waals surface area contributed by atoms with Crippen LogP contribution >= 0.6 is 10.6 Å². The van der Waals surface area contributed by atoms with E-state index in [1.165, 1.54) is 16.0 Å². The fourth-order valence-electron chi connectivity index (χ4n) is 4.32. The van der Waals surface area contributed by atoms with Crippen LogP contribution in [0.4, 0.5) is 22.1 Å². The van der Waals surface area contributed by atoms with Crippen molar-refractivity contribution >= 4 is 46.1 Å². The average Bonchev–Trinajstić information content (AvgIpc) is 2.89. The Labute approximate surface area is 221 Å². The highest BCUT2D eigenvalue weighted by Crippen LogP contribution is 2.41. The molecule has 2 aromatic heterocycles. The third kappa shape index (κ3) is 6.20. The minimum atomic E-state index is -2.90. The maximum absolute atomic E-state index is 13.2. The molecule has 0 bridgehead atoms. The largest absolute Gasteiger partial charge is 0.383 e. The average molecular weight is 544 g/mol. The Morgan fingerprint density at radius 2 is 2.16 bits per heavy atom. The van der Waals surface area contributed by atoms with Gasteiger partial charge in [0.05, 0.1) is 23.6 Å². The lowest BCUT2D eigenvalue weighted by atomic mass is 10.0. The van der Waals surface area contributed by atoms with Crippen LogP contribution in [0.25, 0.3) is 0 Å². The molecule has 0 saturated carbocycles. The fraction of sp³-hybridized carbons (Fsp3) is 0.417. The number of nitriles is 1. The quantitative estimate of drug-likeness (QED) is 0.285. The minimum absolute atomic E-state index is 0.0917.